The Morgan fingerprint density at radius 2 is 1.78 bits per heavy atom. The molecule has 2 aromatic carbocycles. The zero-order valence-electron chi connectivity index (χ0n) is 18.2. The van der Waals surface area contributed by atoms with Crippen molar-refractivity contribution in [1.29, 1.82) is 0 Å². The SMILES string of the molecule is CCc1ccccc1N1C(=O)C(Cl)=C(Nc2ccc(C(=O)N3CCCCC3C)cc2)C1=O. The molecule has 1 N–H and O–H groups in total. The summed E-state index contributed by atoms with van der Waals surface area (Å²) in [7, 11) is 0. The van der Waals surface area contributed by atoms with Gasteiger partial charge in [-0.25, -0.2) is 4.90 Å². The number of hydrogen-bond donors (Lipinski definition) is 1. The number of likely N-dealkylation sites (tertiary alicyclic amines) is 1. The van der Waals surface area contributed by atoms with Gasteiger partial charge in [-0.1, -0.05) is 36.7 Å². The van der Waals surface area contributed by atoms with Crippen LogP contribution in [0.4, 0.5) is 11.4 Å². The second-order valence-corrected chi connectivity index (χ2v) is 8.54. The van der Waals surface area contributed by atoms with Crippen molar-refractivity contribution in [2.24, 2.45) is 0 Å². The quantitative estimate of drug-likeness (QED) is 0.669. The maximum absolute atomic E-state index is 13.1. The molecule has 0 saturated carbocycles. The first kappa shape index (κ1) is 22.1. The van der Waals surface area contributed by atoms with Gasteiger partial charge in [0, 0.05) is 23.8 Å². The van der Waals surface area contributed by atoms with Crippen molar-refractivity contribution < 1.29 is 14.4 Å². The van der Waals surface area contributed by atoms with E-state index in [1.165, 1.54) is 0 Å². The lowest BCUT2D eigenvalue weighted by molar-refractivity contribution is -0.120. The molecule has 1 atom stereocenters. The maximum atomic E-state index is 13.1. The third-order valence-electron chi connectivity index (χ3n) is 6.11. The molecule has 0 bridgehead atoms. The van der Waals surface area contributed by atoms with E-state index in [1.54, 1.807) is 36.4 Å². The Bertz CT molecular complexity index is 1090. The summed E-state index contributed by atoms with van der Waals surface area (Å²) in [6.45, 7) is 4.81. The van der Waals surface area contributed by atoms with Gasteiger partial charge in [-0.05, 0) is 68.5 Å². The Morgan fingerprint density at radius 3 is 2.47 bits per heavy atom. The summed E-state index contributed by atoms with van der Waals surface area (Å²) < 4.78 is 0. The summed E-state index contributed by atoms with van der Waals surface area (Å²) in [6, 6.07) is 14.4. The fraction of sp³-hybridized carbons (Fsp3) is 0.320. The van der Waals surface area contributed by atoms with Gasteiger partial charge in [0.15, 0.2) is 0 Å². The van der Waals surface area contributed by atoms with E-state index in [1.807, 2.05) is 24.0 Å². The second-order valence-electron chi connectivity index (χ2n) is 8.16. The van der Waals surface area contributed by atoms with E-state index in [0.717, 1.165) is 36.3 Å². The molecule has 0 spiro atoms. The van der Waals surface area contributed by atoms with Crippen LogP contribution in [0.3, 0.4) is 0 Å². The van der Waals surface area contributed by atoms with Gasteiger partial charge in [-0.2, -0.15) is 0 Å². The van der Waals surface area contributed by atoms with Gasteiger partial charge in [0.2, 0.25) is 0 Å². The van der Waals surface area contributed by atoms with Crippen LogP contribution in [-0.2, 0) is 16.0 Å². The first-order valence-electron chi connectivity index (χ1n) is 11.0. The predicted octanol–water partition coefficient (Wildman–Crippen LogP) is 4.70. The summed E-state index contributed by atoms with van der Waals surface area (Å²) in [4.78, 5) is 41.7. The molecule has 2 aliphatic rings. The molecule has 2 aromatic rings. The molecule has 1 unspecified atom stereocenters. The van der Waals surface area contributed by atoms with Crippen LogP contribution in [0.5, 0.6) is 0 Å². The minimum Gasteiger partial charge on any atom is -0.350 e. The number of para-hydroxylation sites is 1. The van der Waals surface area contributed by atoms with Crippen molar-refractivity contribution in [3.05, 3.63) is 70.4 Å². The normalized spacial score (nSPS) is 19.0. The third kappa shape index (κ3) is 4.02. The van der Waals surface area contributed by atoms with Gasteiger partial charge in [0.05, 0.1) is 5.69 Å². The number of amides is 3. The third-order valence-corrected chi connectivity index (χ3v) is 6.46. The Balaban J connectivity index is 1.52. The number of nitrogens with one attached hydrogen (secondary N) is 1. The Hall–Kier alpha value is -3.12. The van der Waals surface area contributed by atoms with E-state index in [0.29, 0.717) is 23.4 Å². The molecule has 6 nitrogen and oxygen atoms in total. The Kier molecular flexibility index (Phi) is 6.33. The fourth-order valence-corrected chi connectivity index (χ4v) is 4.48. The number of anilines is 2. The number of carbonyl (C=O) groups is 3. The summed E-state index contributed by atoms with van der Waals surface area (Å²) in [5.41, 5.74) is 2.63. The highest BCUT2D eigenvalue weighted by atomic mass is 35.5. The van der Waals surface area contributed by atoms with Gasteiger partial charge in [-0.15, -0.1) is 0 Å². The molecular formula is C25H26ClN3O3. The van der Waals surface area contributed by atoms with Crippen LogP contribution in [0.2, 0.25) is 0 Å². The van der Waals surface area contributed by atoms with E-state index < -0.39 is 11.8 Å². The van der Waals surface area contributed by atoms with Crippen LogP contribution in [0.25, 0.3) is 0 Å². The van der Waals surface area contributed by atoms with E-state index >= 15 is 0 Å². The van der Waals surface area contributed by atoms with Crippen molar-refractivity contribution in [3.63, 3.8) is 0 Å². The number of halogens is 1. The molecule has 2 aliphatic heterocycles. The lowest BCUT2D eigenvalue weighted by Crippen LogP contribution is -2.42. The van der Waals surface area contributed by atoms with Gasteiger partial charge in [0.25, 0.3) is 17.7 Å². The molecule has 0 radical (unpaired) electrons. The highest BCUT2D eigenvalue weighted by Crippen LogP contribution is 2.32. The molecule has 0 aliphatic carbocycles. The molecule has 3 amide bonds. The van der Waals surface area contributed by atoms with Crippen LogP contribution in [0.15, 0.2) is 59.3 Å². The molecule has 7 heteroatoms. The number of carbonyl (C=O) groups excluding carboxylic acids is 3. The zero-order chi connectivity index (χ0) is 22.8. The molecule has 1 saturated heterocycles. The van der Waals surface area contributed by atoms with Gasteiger partial charge in [0.1, 0.15) is 10.7 Å². The van der Waals surface area contributed by atoms with Crippen molar-refractivity contribution in [1.82, 2.24) is 4.90 Å². The van der Waals surface area contributed by atoms with Gasteiger partial charge in [-0.3, -0.25) is 14.4 Å². The smallest absolute Gasteiger partial charge is 0.283 e. The summed E-state index contributed by atoms with van der Waals surface area (Å²) in [5, 5.41) is 2.82. The topological polar surface area (TPSA) is 69.7 Å². The minimum atomic E-state index is -0.550. The lowest BCUT2D eigenvalue weighted by atomic mass is 10.0. The van der Waals surface area contributed by atoms with Gasteiger partial charge < -0.3 is 10.2 Å². The van der Waals surface area contributed by atoms with Crippen LogP contribution in [0, 0.1) is 0 Å². The molecule has 32 heavy (non-hydrogen) atoms. The predicted molar refractivity (Wildman–Crippen MR) is 126 cm³/mol. The molecular weight excluding hydrogens is 426 g/mol. The van der Waals surface area contributed by atoms with Crippen molar-refractivity contribution in [2.75, 3.05) is 16.8 Å². The standard InChI is InChI=1S/C25H26ClN3O3/c1-3-17-9-4-5-10-20(17)29-24(31)21(26)22(25(29)32)27-19-13-11-18(12-14-19)23(30)28-15-7-6-8-16(28)2/h4-5,9-14,16,27H,3,6-8,15H2,1-2H3. The zero-order valence-corrected chi connectivity index (χ0v) is 19.0. The maximum Gasteiger partial charge on any atom is 0.283 e. The summed E-state index contributed by atoms with van der Waals surface area (Å²) >= 11 is 6.26. The van der Waals surface area contributed by atoms with Crippen molar-refractivity contribution in [3.8, 4) is 0 Å². The summed E-state index contributed by atoms with van der Waals surface area (Å²) in [5.74, 6) is -1.04. The molecule has 166 valence electrons. The van der Waals surface area contributed by atoms with E-state index in [4.69, 9.17) is 11.6 Å². The van der Waals surface area contributed by atoms with Crippen LogP contribution < -0.4 is 10.2 Å². The van der Waals surface area contributed by atoms with Crippen LogP contribution >= 0.6 is 11.6 Å². The van der Waals surface area contributed by atoms with Crippen LogP contribution in [-0.4, -0.2) is 35.2 Å². The van der Waals surface area contributed by atoms with E-state index in [9.17, 15) is 14.4 Å². The lowest BCUT2D eigenvalue weighted by Gasteiger charge is -2.33. The highest BCUT2D eigenvalue weighted by Gasteiger charge is 2.39. The number of rotatable bonds is 5. The second kappa shape index (κ2) is 9.17. The molecule has 2 heterocycles. The number of nitrogens with zero attached hydrogens (tertiary/aromatic N) is 2. The first-order chi connectivity index (χ1) is 15.4. The first-order valence-corrected chi connectivity index (χ1v) is 11.3. The number of piperidine rings is 1. The number of aryl methyl sites for hydroxylation is 1. The number of hydrogen-bond acceptors (Lipinski definition) is 4. The average Bonchev–Trinajstić information content (AvgIpc) is 3.02. The van der Waals surface area contributed by atoms with Crippen molar-refractivity contribution in [2.45, 2.75) is 45.6 Å². The highest BCUT2D eigenvalue weighted by molar-refractivity contribution is 6.53. The Labute approximate surface area is 192 Å². The fourth-order valence-electron chi connectivity index (χ4n) is 4.26. The van der Waals surface area contributed by atoms with Gasteiger partial charge >= 0.3 is 0 Å². The van der Waals surface area contributed by atoms with E-state index in [-0.39, 0.29) is 22.7 Å². The summed E-state index contributed by atoms with van der Waals surface area (Å²) in [6.07, 6.45) is 3.87. The van der Waals surface area contributed by atoms with Crippen molar-refractivity contribution >= 4 is 40.7 Å². The average molecular weight is 452 g/mol. The number of imide groups is 1. The minimum absolute atomic E-state index is 0.00969. The molecule has 0 aromatic heterocycles. The molecule has 1 fully saturated rings. The Morgan fingerprint density at radius 1 is 1.06 bits per heavy atom. The largest absolute Gasteiger partial charge is 0.350 e. The molecule has 4 rings (SSSR count). The van der Waals surface area contributed by atoms with E-state index in [2.05, 4.69) is 12.2 Å². The number of benzene rings is 2. The van der Waals surface area contributed by atoms with Crippen LogP contribution in [0.1, 0.15) is 49.0 Å². The monoisotopic (exact) mass is 451 g/mol.